The van der Waals surface area contributed by atoms with Crippen LogP contribution in [-0.4, -0.2) is 32.2 Å². The van der Waals surface area contributed by atoms with Crippen molar-refractivity contribution in [2.24, 2.45) is 5.92 Å². The van der Waals surface area contributed by atoms with E-state index in [0.717, 1.165) is 23.5 Å². The molecule has 0 unspecified atom stereocenters. The zero-order chi connectivity index (χ0) is 15.1. The summed E-state index contributed by atoms with van der Waals surface area (Å²) in [5, 5.41) is 6.02. The molecular weight excluding hydrogens is 268 g/mol. The highest BCUT2D eigenvalue weighted by atomic mass is 16.5. The predicted octanol–water partition coefficient (Wildman–Crippen LogP) is 1.71. The molecule has 0 spiro atoms. The molecule has 0 radical (unpaired) electrons. The lowest BCUT2D eigenvalue weighted by atomic mass is 10.2. The van der Waals surface area contributed by atoms with Crippen molar-refractivity contribution in [2.45, 2.75) is 26.8 Å². The molecule has 0 saturated carbocycles. The highest BCUT2D eigenvalue weighted by Crippen LogP contribution is 2.30. The summed E-state index contributed by atoms with van der Waals surface area (Å²) >= 11 is 0. The standard InChI is InChI=1S/C16H24N2O3/c1-12(2)9-18-16(19)11-17-10-13-4-5-14-15(8-13)21-7-3-6-20-14/h4-5,8,12,17H,3,6-7,9-11H2,1-2H3,(H,18,19). The minimum atomic E-state index is 0.0260. The number of hydrogen-bond donors (Lipinski definition) is 2. The number of fused-ring (bicyclic) bond motifs is 1. The van der Waals surface area contributed by atoms with Crippen molar-refractivity contribution in [1.29, 1.82) is 0 Å². The SMILES string of the molecule is CC(C)CNC(=O)CNCc1ccc2c(c1)OCCCO2. The van der Waals surface area contributed by atoms with Crippen molar-refractivity contribution in [3.05, 3.63) is 23.8 Å². The third-order valence-corrected chi connectivity index (χ3v) is 3.13. The van der Waals surface area contributed by atoms with Crippen LogP contribution in [0.2, 0.25) is 0 Å². The molecule has 0 aromatic heterocycles. The van der Waals surface area contributed by atoms with Gasteiger partial charge in [0.25, 0.3) is 0 Å². The minimum Gasteiger partial charge on any atom is -0.490 e. The maximum absolute atomic E-state index is 11.6. The summed E-state index contributed by atoms with van der Waals surface area (Å²) in [6.07, 6.45) is 0.901. The number of hydrogen-bond acceptors (Lipinski definition) is 4. The molecule has 5 heteroatoms. The second kappa shape index (κ2) is 7.88. The van der Waals surface area contributed by atoms with Crippen LogP contribution in [0.15, 0.2) is 18.2 Å². The molecule has 1 aromatic rings. The smallest absolute Gasteiger partial charge is 0.233 e. The average molecular weight is 292 g/mol. The second-order valence-electron chi connectivity index (χ2n) is 5.63. The van der Waals surface area contributed by atoms with E-state index in [2.05, 4.69) is 24.5 Å². The van der Waals surface area contributed by atoms with Gasteiger partial charge in [0.15, 0.2) is 11.5 Å². The lowest BCUT2D eigenvalue weighted by Crippen LogP contribution is -2.35. The van der Waals surface area contributed by atoms with E-state index in [1.54, 1.807) is 0 Å². The Labute approximate surface area is 126 Å². The van der Waals surface area contributed by atoms with Gasteiger partial charge in [-0.25, -0.2) is 0 Å². The van der Waals surface area contributed by atoms with Gasteiger partial charge in [0.05, 0.1) is 19.8 Å². The summed E-state index contributed by atoms with van der Waals surface area (Å²) in [6, 6.07) is 5.89. The van der Waals surface area contributed by atoms with E-state index in [4.69, 9.17) is 9.47 Å². The van der Waals surface area contributed by atoms with Gasteiger partial charge in [-0.1, -0.05) is 19.9 Å². The van der Waals surface area contributed by atoms with Crippen molar-refractivity contribution >= 4 is 5.91 Å². The van der Waals surface area contributed by atoms with Crippen molar-refractivity contribution in [3.63, 3.8) is 0 Å². The van der Waals surface area contributed by atoms with E-state index < -0.39 is 0 Å². The first-order valence-corrected chi connectivity index (χ1v) is 7.51. The lowest BCUT2D eigenvalue weighted by molar-refractivity contribution is -0.120. The van der Waals surface area contributed by atoms with Gasteiger partial charge in [0.2, 0.25) is 5.91 Å². The van der Waals surface area contributed by atoms with E-state index in [0.29, 0.717) is 38.8 Å². The molecule has 1 aliphatic heterocycles. The molecule has 1 amide bonds. The third-order valence-electron chi connectivity index (χ3n) is 3.13. The molecular formula is C16H24N2O3. The minimum absolute atomic E-state index is 0.0260. The quantitative estimate of drug-likeness (QED) is 0.838. The fourth-order valence-corrected chi connectivity index (χ4v) is 2.02. The number of rotatable bonds is 6. The Kier molecular flexibility index (Phi) is 5.87. The first kappa shape index (κ1) is 15.6. The third kappa shape index (κ3) is 5.27. The van der Waals surface area contributed by atoms with Gasteiger partial charge in [-0.15, -0.1) is 0 Å². The van der Waals surface area contributed by atoms with Crippen LogP contribution in [0.4, 0.5) is 0 Å². The van der Waals surface area contributed by atoms with Crippen molar-refractivity contribution in [3.8, 4) is 11.5 Å². The van der Waals surface area contributed by atoms with Gasteiger partial charge in [0.1, 0.15) is 0 Å². The van der Waals surface area contributed by atoms with Gasteiger partial charge >= 0.3 is 0 Å². The monoisotopic (exact) mass is 292 g/mol. The van der Waals surface area contributed by atoms with E-state index in [1.165, 1.54) is 0 Å². The van der Waals surface area contributed by atoms with Gasteiger partial charge in [-0.2, -0.15) is 0 Å². The fourth-order valence-electron chi connectivity index (χ4n) is 2.02. The summed E-state index contributed by atoms with van der Waals surface area (Å²) in [5.74, 6) is 2.08. The molecule has 0 aliphatic carbocycles. The largest absolute Gasteiger partial charge is 0.490 e. The van der Waals surface area contributed by atoms with Crippen LogP contribution in [0.3, 0.4) is 0 Å². The second-order valence-corrected chi connectivity index (χ2v) is 5.63. The number of benzene rings is 1. The highest BCUT2D eigenvalue weighted by Gasteiger charge is 2.10. The Morgan fingerprint density at radius 2 is 2.00 bits per heavy atom. The Morgan fingerprint density at radius 3 is 2.76 bits per heavy atom. The van der Waals surface area contributed by atoms with Crippen LogP contribution in [0.5, 0.6) is 11.5 Å². The van der Waals surface area contributed by atoms with Crippen molar-refractivity contribution in [1.82, 2.24) is 10.6 Å². The molecule has 1 aliphatic rings. The molecule has 0 fully saturated rings. The van der Waals surface area contributed by atoms with Gasteiger partial charge < -0.3 is 20.1 Å². The van der Waals surface area contributed by atoms with E-state index in [-0.39, 0.29) is 5.91 Å². The maximum Gasteiger partial charge on any atom is 0.233 e. The number of carbonyl (C=O) groups is 1. The first-order valence-electron chi connectivity index (χ1n) is 7.51. The maximum atomic E-state index is 11.6. The molecule has 21 heavy (non-hydrogen) atoms. The van der Waals surface area contributed by atoms with E-state index >= 15 is 0 Å². The van der Waals surface area contributed by atoms with E-state index in [1.807, 2.05) is 18.2 Å². The van der Waals surface area contributed by atoms with Crippen LogP contribution in [0.1, 0.15) is 25.8 Å². The molecule has 0 bridgehead atoms. The first-order chi connectivity index (χ1) is 10.1. The highest BCUT2D eigenvalue weighted by molar-refractivity contribution is 5.77. The average Bonchev–Trinajstić information content (AvgIpc) is 2.70. The number of nitrogens with one attached hydrogen (secondary N) is 2. The number of ether oxygens (including phenoxy) is 2. The molecule has 1 heterocycles. The van der Waals surface area contributed by atoms with Crippen molar-refractivity contribution < 1.29 is 14.3 Å². The Balaban J connectivity index is 1.78. The normalized spacial score (nSPS) is 13.9. The van der Waals surface area contributed by atoms with Crippen LogP contribution in [0.25, 0.3) is 0 Å². The molecule has 2 rings (SSSR count). The lowest BCUT2D eigenvalue weighted by Gasteiger charge is -2.11. The molecule has 116 valence electrons. The summed E-state index contributed by atoms with van der Waals surface area (Å²) in [7, 11) is 0. The summed E-state index contributed by atoms with van der Waals surface area (Å²) in [6.45, 7) is 7.19. The van der Waals surface area contributed by atoms with Gasteiger partial charge in [0, 0.05) is 19.5 Å². The summed E-state index contributed by atoms with van der Waals surface area (Å²) in [4.78, 5) is 11.6. The topological polar surface area (TPSA) is 59.6 Å². The Morgan fingerprint density at radius 1 is 1.24 bits per heavy atom. The fraction of sp³-hybridized carbons (Fsp3) is 0.562. The summed E-state index contributed by atoms with van der Waals surface area (Å²) < 4.78 is 11.2. The molecule has 5 nitrogen and oxygen atoms in total. The van der Waals surface area contributed by atoms with Crippen LogP contribution < -0.4 is 20.1 Å². The number of amides is 1. The Bertz CT molecular complexity index is 475. The van der Waals surface area contributed by atoms with Gasteiger partial charge in [-0.3, -0.25) is 4.79 Å². The zero-order valence-corrected chi connectivity index (χ0v) is 12.8. The molecule has 0 atom stereocenters. The summed E-state index contributed by atoms with van der Waals surface area (Å²) in [5.41, 5.74) is 1.08. The van der Waals surface area contributed by atoms with Gasteiger partial charge in [-0.05, 0) is 23.6 Å². The molecule has 0 saturated heterocycles. The predicted molar refractivity (Wildman–Crippen MR) is 81.6 cm³/mol. The Hall–Kier alpha value is -1.75. The molecule has 2 N–H and O–H groups in total. The van der Waals surface area contributed by atoms with Crippen LogP contribution >= 0.6 is 0 Å². The number of carbonyl (C=O) groups excluding carboxylic acids is 1. The van der Waals surface area contributed by atoms with E-state index in [9.17, 15) is 4.79 Å². The van der Waals surface area contributed by atoms with Crippen LogP contribution in [0, 0.1) is 5.92 Å². The zero-order valence-electron chi connectivity index (χ0n) is 12.8. The molecule has 1 aromatic carbocycles. The van der Waals surface area contributed by atoms with Crippen LogP contribution in [-0.2, 0) is 11.3 Å². The van der Waals surface area contributed by atoms with Crippen molar-refractivity contribution in [2.75, 3.05) is 26.3 Å².